The van der Waals surface area contributed by atoms with Gasteiger partial charge in [0, 0.05) is 5.56 Å². The Kier molecular flexibility index (Phi) is 4.46. The molecule has 0 saturated carbocycles. The molecule has 0 spiro atoms. The van der Waals surface area contributed by atoms with E-state index in [1.54, 1.807) is 36.1 Å². The largest absolute Gasteiger partial charge is 0.301 e. The van der Waals surface area contributed by atoms with E-state index < -0.39 is 23.4 Å². The zero-order valence-corrected chi connectivity index (χ0v) is 18.2. The Labute approximate surface area is 177 Å². The molecule has 4 rings (SSSR count). The summed E-state index contributed by atoms with van der Waals surface area (Å²) >= 11 is 0. The molecule has 154 valence electrons. The standard InChI is InChI=1S/C25H26N2O3/c1-14-11-20-16(3)13-25(5,6)27(21(20)12-15(14)2)22(28)17(4)26-23(29)18-9-7-8-10-19(18)24(26)30/h7-13,17H,1-6H3. The molecule has 3 amide bonds. The van der Waals surface area contributed by atoms with E-state index in [1.165, 1.54) is 0 Å². The van der Waals surface area contributed by atoms with Crippen molar-refractivity contribution >= 4 is 29.0 Å². The van der Waals surface area contributed by atoms with Gasteiger partial charge in [0.2, 0.25) is 0 Å². The van der Waals surface area contributed by atoms with E-state index in [0.717, 1.165) is 32.9 Å². The summed E-state index contributed by atoms with van der Waals surface area (Å²) in [5.74, 6) is -1.11. The van der Waals surface area contributed by atoms with Crippen LogP contribution in [-0.4, -0.2) is 34.2 Å². The second-order valence-electron chi connectivity index (χ2n) is 8.81. The minimum Gasteiger partial charge on any atom is -0.301 e. The summed E-state index contributed by atoms with van der Waals surface area (Å²) in [6, 6.07) is 9.91. The number of fused-ring (bicyclic) bond motifs is 2. The number of nitrogens with zero attached hydrogens (tertiary/aromatic N) is 2. The summed E-state index contributed by atoms with van der Waals surface area (Å²) in [7, 11) is 0. The highest BCUT2D eigenvalue weighted by atomic mass is 16.2. The minimum absolute atomic E-state index is 0.275. The molecule has 5 nitrogen and oxygen atoms in total. The SMILES string of the molecule is CC1=CC(C)(C)N(C(=O)C(C)N2C(=O)c3ccccc3C2=O)c2cc(C)c(C)cc21. The monoisotopic (exact) mass is 402 g/mol. The van der Waals surface area contributed by atoms with Crippen LogP contribution < -0.4 is 4.90 Å². The van der Waals surface area contributed by atoms with Crippen LogP contribution in [0.3, 0.4) is 0 Å². The van der Waals surface area contributed by atoms with Crippen LogP contribution in [0.15, 0.2) is 42.5 Å². The lowest BCUT2D eigenvalue weighted by molar-refractivity contribution is -0.122. The summed E-state index contributed by atoms with van der Waals surface area (Å²) in [6.45, 7) is 11.7. The van der Waals surface area contributed by atoms with Crippen LogP contribution in [0.4, 0.5) is 5.69 Å². The highest BCUT2D eigenvalue weighted by molar-refractivity contribution is 6.23. The van der Waals surface area contributed by atoms with Gasteiger partial charge in [-0.15, -0.1) is 0 Å². The molecule has 0 aromatic heterocycles. The number of hydrogen-bond donors (Lipinski definition) is 0. The summed E-state index contributed by atoms with van der Waals surface area (Å²) in [5, 5.41) is 0. The third-order valence-electron chi connectivity index (χ3n) is 6.21. The van der Waals surface area contributed by atoms with Crippen LogP contribution in [-0.2, 0) is 4.79 Å². The molecule has 5 heteroatoms. The molecule has 0 aliphatic carbocycles. The molecule has 2 aromatic rings. The zero-order valence-electron chi connectivity index (χ0n) is 18.2. The van der Waals surface area contributed by atoms with Crippen molar-refractivity contribution in [2.24, 2.45) is 0 Å². The number of allylic oxidation sites excluding steroid dienone is 1. The van der Waals surface area contributed by atoms with Gasteiger partial charge in [-0.1, -0.05) is 18.2 Å². The van der Waals surface area contributed by atoms with Crippen LogP contribution >= 0.6 is 0 Å². The molecule has 2 aliphatic rings. The molecule has 1 unspecified atom stereocenters. The molecule has 2 heterocycles. The van der Waals surface area contributed by atoms with E-state index in [2.05, 4.69) is 19.1 Å². The lowest BCUT2D eigenvalue weighted by atomic mass is 9.86. The van der Waals surface area contributed by atoms with Crippen molar-refractivity contribution in [2.75, 3.05) is 4.90 Å². The maximum atomic E-state index is 13.8. The minimum atomic E-state index is -0.919. The van der Waals surface area contributed by atoms with Crippen molar-refractivity contribution in [2.45, 2.75) is 53.1 Å². The second-order valence-corrected chi connectivity index (χ2v) is 8.81. The molecule has 30 heavy (non-hydrogen) atoms. The Morgan fingerprint density at radius 2 is 1.43 bits per heavy atom. The fourth-order valence-electron chi connectivity index (χ4n) is 4.54. The number of anilines is 1. The Bertz CT molecular complexity index is 1110. The molecule has 0 radical (unpaired) electrons. The third kappa shape index (κ3) is 2.80. The number of rotatable bonds is 2. The van der Waals surface area contributed by atoms with Gasteiger partial charge in [0.25, 0.3) is 17.7 Å². The summed E-state index contributed by atoms with van der Waals surface area (Å²) in [6.07, 6.45) is 2.07. The number of carbonyl (C=O) groups excluding carboxylic acids is 3. The first-order chi connectivity index (χ1) is 14.0. The molecule has 0 bridgehead atoms. The first-order valence-corrected chi connectivity index (χ1v) is 10.2. The van der Waals surface area contributed by atoms with E-state index in [-0.39, 0.29) is 5.91 Å². The Hall–Kier alpha value is -3.21. The van der Waals surface area contributed by atoms with E-state index >= 15 is 0 Å². The van der Waals surface area contributed by atoms with E-state index in [1.807, 2.05) is 33.8 Å². The number of aryl methyl sites for hydroxylation is 2. The van der Waals surface area contributed by atoms with Crippen LogP contribution in [0.25, 0.3) is 5.57 Å². The molecule has 2 aliphatic heterocycles. The van der Waals surface area contributed by atoms with Crippen LogP contribution in [0.1, 0.15) is 65.1 Å². The second kappa shape index (κ2) is 6.66. The van der Waals surface area contributed by atoms with Crippen LogP contribution in [0.2, 0.25) is 0 Å². The van der Waals surface area contributed by atoms with Gasteiger partial charge in [-0.3, -0.25) is 19.3 Å². The Balaban J connectivity index is 1.77. The van der Waals surface area contributed by atoms with Gasteiger partial charge in [0.05, 0.1) is 22.4 Å². The average molecular weight is 402 g/mol. The van der Waals surface area contributed by atoms with Crippen molar-refractivity contribution in [3.63, 3.8) is 0 Å². The van der Waals surface area contributed by atoms with Gasteiger partial charge in [-0.25, -0.2) is 0 Å². The number of benzene rings is 2. The fraction of sp³-hybridized carbons (Fsp3) is 0.320. The molecular weight excluding hydrogens is 376 g/mol. The quantitative estimate of drug-likeness (QED) is 0.694. The van der Waals surface area contributed by atoms with Gasteiger partial charge in [0.15, 0.2) is 0 Å². The Morgan fingerprint density at radius 3 is 2.00 bits per heavy atom. The number of carbonyl (C=O) groups is 3. The number of imide groups is 1. The van der Waals surface area contributed by atoms with Gasteiger partial charge in [-0.05, 0) is 82.5 Å². The highest BCUT2D eigenvalue weighted by Crippen LogP contribution is 2.41. The zero-order chi connectivity index (χ0) is 22.0. The first-order valence-electron chi connectivity index (χ1n) is 10.2. The summed E-state index contributed by atoms with van der Waals surface area (Å²) < 4.78 is 0. The molecule has 0 fully saturated rings. The lowest BCUT2D eigenvalue weighted by Gasteiger charge is -2.43. The fourth-order valence-corrected chi connectivity index (χ4v) is 4.54. The predicted octanol–water partition coefficient (Wildman–Crippen LogP) is 4.52. The van der Waals surface area contributed by atoms with Crippen molar-refractivity contribution in [1.29, 1.82) is 0 Å². The number of amides is 3. The van der Waals surface area contributed by atoms with Gasteiger partial charge < -0.3 is 4.90 Å². The van der Waals surface area contributed by atoms with Crippen molar-refractivity contribution in [1.82, 2.24) is 4.90 Å². The molecule has 0 saturated heterocycles. The molecular formula is C25H26N2O3. The third-order valence-corrected chi connectivity index (χ3v) is 6.21. The maximum absolute atomic E-state index is 13.8. The van der Waals surface area contributed by atoms with Gasteiger partial charge in [0.1, 0.15) is 6.04 Å². The topological polar surface area (TPSA) is 57.7 Å². The van der Waals surface area contributed by atoms with Crippen molar-refractivity contribution < 1.29 is 14.4 Å². The van der Waals surface area contributed by atoms with Crippen LogP contribution in [0, 0.1) is 13.8 Å². The summed E-state index contributed by atoms with van der Waals surface area (Å²) in [5.41, 5.74) is 5.27. The normalized spacial score (nSPS) is 18.1. The van der Waals surface area contributed by atoms with Crippen molar-refractivity contribution in [3.8, 4) is 0 Å². The molecule has 2 aromatic carbocycles. The smallest absolute Gasteiger partial charge is 0.262 e. The predicted molar refractivity (Wildman–Crippen MR) is 118 cm³/mol. The van der Waals surface area contributed by atoms with Crippen molar-refractivity contribution in [3.05, 3.63) is 70.3 Å². The van der Waals surface area contributed by atoms with E-state index in [4.69, 9.17) is 0 Å². The average Bonchev–Trinajstić information content (AvgIpc) is 2.93. The Morgan fingerprint density at radius 1 is 0.900 bits per heavy atom. The van der Waals surface area contributed by atoms with Gasteiger partial charge in [-0.2, -0.15) is 0 Å². The highest BCUT2D eigenvalue weighted by Gasteiger charge is 2.45. The number of hydrogen-bond acceptors (Lipinski definition) is 3. The van der Waals surface area contributed by atoms with Gasteiger partial charge >= 0.3 is 0 Å². The summed E-state index contributed by atoms with van der Waals surface area (Å²) in [4.78, 5) is 42.4. The molecule has 1 atom stereocenters. The molecule has 0 N–H and O–H groups in total. The maximum Gasteiger partial charge on any atom is 0.262 e. The van der Waals surface area contributed by atoms with E-state index in [0.29, 0.717) is 11.1 Å². The first kappa shape index (κ1) is 20.1. The lowest BCUT2D eigenvalue weighted by Crippen LogP contribution is -2.56. The van der Waals surface area contributed by atoms with E-state index in [9.17, 15) is 14.4 Å². The van der Waals surface area contributed by atoms with Crippen LogP contribution in [0.5, 0.6) is 0 Å².